The average Bonchev–Trinajstić information content (AvgIpc) is 3.30. The molecule has 0 aliphatic heterocycles. The van der Waals surface area contributed by atoms with Crippen LogP contribution in [-0.2, 0) is 6.42 Å². The molecule has 0 radical (unpaired) electrons. The molecule has 1 unspecified atom stereocenters. The second kappa shape index (κ2) is 9.89. The number of nitrogens with zero attached hydrogens (tertiary/aromatic N) is 2. The maximum Gasteiger partial charge on any atom is 0.326 e. The van der Waals surface area contributed by atoms with Crippen LogP contribution in [0.4, 0.5) is 22.0 Å². The third kappa shape index (κ3) is 4.82. The Hall–Kier alpha value is -4.32. The van der Waals surface area contributed by atoms with Gasteiger partial charge < -0.3 is 15.4 Å². The molecule has 6 nitrogen and oxygen atoms in total. The molecule has 0 fully saturated rings. The van der Waals surface area contributed by atoms with Gasteiger partial charge in [-0.15, -0.1) is 6.58 Å². The molecule has 0 saturated carbocycles. The Morgan fingerprint density at radius 1 is 1.11 bits per heavy atom. The van der Waals surface area contributed by atoms with Crippen molar-refractivity contribution < 1.29 is 9.53 Å². The number of ether oxygens (including phenoxy) is 1. The molecule has 2 amide bonds. The number of fused-ring (bicyclic) bond motifs is 2. The van der Waals surface area contributed by atoms with Gasteiger partial charge in [0.1, 0.15) is 11.6 Å². The topological polar surface area (TPSA) is 66.5 Å². The molecule has 5 rings (SSSR count). The second-order valence-corrected chi connectivity index (χ2v) is 8.57. The molecule has 1 atom stereocenters. The fourth-order valence-electron chi connectivity index (χ4n) is 4.55. The van der Waals surface area contributed by atoms with E-state index >= 15 is 0 Å². The van der Waals surface area contributed by atoms with Crippen molar-refractivity contribution in [3.05, 3.63) is 103 Å². The number of methoxy groups -OCH3 is 1. The molecule has 1 aliphatic carbocycles. The van der Waals surface area contributed by atoms with Gasteiger partial charge in [0.25, 0.3) is 0 Å². The summed E-state index contributed by atoms with van der Waals surface area (Å²) < 4.78 is 5.18. The zero-order valence-electron chi connectivity index (χ0n) is 19.7. The van der Waals surface area contributed by atoms with Gasteiger partial charge in [0, 0.05) is 23.3 Å². The molecule has 6 heteroatoms. The van der Waals surface area contributed by atoms with E-state index in [1.165, 1.54) is 11.1 Å². The first-order chi connectivity index (χ1) is 17.1. The van der Waals surface area contributed by atoms with Crippen LogP contribution >= 0.6 is 0 Å². The Kier molecular flexibility index (Phi) is 6.35. The van der Waals surface area contributed by atoms with Crippen LogP contribution in [0.25, 0.3) is 10.9 Å². The molecule has 1 heterocycles. The minimum absolute atomic E-state index is 0.236. The maximum absolute atomic E-state index is 13.1. The Morgan fingerprint density at radius 3 is 2.74 bits per heavy atom. The summed E-state index contributed by atoms with van der Waals surface area (Å²) in [6.45, 7) is 4.19. The van der Waals surface area contributed by atoms with Gasteiger partial charge in [0.15, 0.2) is 0 Å². The molecule has 0 bridgehead atoms. The third-order valence-corrected chi connectivity index (χ3v) is 6.34. The fraction of sp³-hybridized carbons (Fsp3) is 0.172. The van der Waals surface area contributed by atoms with Gasteiger partial charge in [-0.1, -0.05) is 30.3 Å². The van der Waals surface area contributed by atoms with Crippen LogP contribution < -0.4 is 20.3 Å². The molecule has 35 heavy (non-hydrogen) atoms. The van der Waals surface area contributed by atoms with Gasteiger partial charge in [0.05, 0.1) is 18.7 Å². The van der Waals surface area contributed by atoms with E-state index in [2.05, 4.69) is 41.5 Å². The number of rotatable bonds is 7. The summed E-state index contributed by atoms with van der Waals surface area (Å²) in [6.07, 6.45) is 3.86. The number of nitrogens with one attached hydrogen (secondary N) is 2. The number of carbonyl (C=O) groups is 1. The minimum atomic E-state index is -0.236. The molecule has 4 aromatic rings. The van der Waals surface area contributed by atoms with Crippen LogP contribution in [0.1, 0.15) is 23.6 Å². The lowest BCUT2D eigenvalue weighted by atomic mass is 10.1. The zero-order valence-corrected chi connectivity index (χ0v) is 19.7. The van der Waals surface area contributed by atoms with E-state index in [-0.39, 0.29) is 12.1 Å². The highest BCUT2D eigenvalue weighted by atomic mass is 16.5. The Bertz CT molecular complexity index is 1370. The van der Waals surface area contributed by atoms with E-state index in [0.717, 1.165) is 41.0 Å². The largest absolute Gasteiger partial charge is 0.497 e. The van der Waals surface area contributed by atoms with Gasteiger partial charge in [-0.2, -0.15) is 0 Å². The van der Waals surface area contributed by atoms with E-state index in [1.54, 1.807) is 18.1 Å². The van der Waals surface area contributed by atoms with Crippen LogP contribution in [-0.4, -0.2) is 24.7 Å². The van der Waals surface area contributed by atoms with Crippen LogP contribution in [0.2, 0.25) is 0 Å². The average molecular weight is 465 g/mol. The zero-order chi connectivity index (χ0) is 24.2. The number of aromatic nitrogens is 1. The minimum Gasteiger partial charge on any atom is -0.497 e. The van der Waals surface area contributed by atoms with Crippen molar-refractivity contribution in [3.63, 3.8) is 0 Å². The SMILES string of the molecule is C=CCN(C(=O)Nc1ccc(OC)cc1)c1ccc2nc(NC3CCc4ccccc43)ccc2c1. The normalized spacial score (nSPS) is 14.3. The number of aryl methyl sites for hydroxylation is 1. The number of amides is 2. The van der Waals surface area contributed by atoms with Crippen molar-refractivity contribution in [2.75, 3.05) is 29.2 Å². The Morgan fingerprint density at radius 2 is 1.94 bits per heavy atom. The third-order valence-electron chi connectivity index (χ3n) is 6.34. The molecular weight excluding hydrogens is 436 g/mol. The van der Waals surface area contributed by atoms with Crippen LogP contribution in [0.3, 0.4) is 0 Å². The highest BCUT2D eigenvalue weighted by Gasteiger charge is 2.22. The smallest absolute Gasteiger partial charge is 0.326 e. The van der Waals surface area contributed by atoms with Gasteiger partial charge in [0.2, 0.25) is 0 Å². The number of urea groups is 1. The molecule has 1 aromatic heterocycles. The first-order valence-corrected chi connectivity index (χ1v) is 11.7. The number of benzene rings is 3. The van der Waals surface area contributed by atoms with E-state index in [4.69, 9.17) is 9.72 Å². The van der Waals surface area contributed by atoms with E-state index < -0.39 is 0 Å². The fourth-order valence-corrected chi connectivity index (χ4v) is 4.55. The van der Waals surface area contributed by atoms with Gasteiger partial charge in [-0.05, 0) is 78.6 Å². The first-order valence-electron chi connectivity index (χ1n) is 11.7. The highest BCUT2D eigenvalue weighted by molar-refractivity contribution is 6.03. The van der Waals surface area contributed by atoms with Crippen LogP contribution in [0.5, 0.6) is 5.75 Å². The molecule has 1 aliphatic rings. The van der Waals surface area contributed by atoms with E-state index in [0.29, 0.717) is 12.2 Å². The number of hydrogen-bond acceptors (Lipinski definition) is 4. The van der Waals surface area contributed by atoms with Crippen molar-refractivity contribution in [3.8, 4) is 5.75 Å². The molecule has 2 N–H and O–H groups in total. The molecule has 0 spiro atoms. The maximum atomic E-state index is 13.1. The van der Waals surface area contributed by atoms with E-state index in [9.17, 15) is 4.79 Å². The van der Waals surface area contributed by atoms with Crippen LogP contribution in [0, 0.1) is 0 Å². The standard InChI is InChI=1S/C29H28N4O2/c1-3-18-33(29(34)30-22-10-13-24(35-2)14-11-22)23-12-16-26-21(19-23)9-17-28(31-26)32-27-15-8-20-6-4-5-7-25(20)27/h3-7,9-14,16-17,19,27H,1,8,15,18H2,2H3,(H,30,34)(H,31,32). The predicted molar refractivity (Wildman–Crippen MR) is 142 cm³/mol. The first kappa shape index (κ1) is 22.5. The Labute approximate surface area is 205 Å². The summed E-state index contributed by atoms with van der Waals surface area (Å²) in [5.74, 6) is 1.59. The second-order valence-electron chi connectivity index (χ2n) is 8.57. The number of hydrogen-bond donors (Lipinski definition) is 2. The van der Waals surface area contributed by atoms with Gasteiger partial charge in [-0.25, -0.2) is 9.78 Å². The quantitative estimate of drug-likeness (QED) is 0.304. The summed E-state index contributed by atoms with van der Waals surface area (Å²) in [4.78, 5) is 19.5. The number of anilines is 3. The summed E-state index contributed by atoms with van der Waals surface area (Å²) in [7, 11) is 1.61. The number of pyridine rings is 1. The molecule has 0 saturated heterocycles. The van der Waals surface area contributed by atoms with Crippen molar-refractivity contribution >= 4 is 34.1 Å². The summed E-state index contributed by atoms with van der Waals surface area (Å²) in [6, 6.07) is 25.8. The predicted octanol–water partition coefficient (Wildman–Crippen LogP) is 6.57. The molecular formula is C29H28N4O2. The van der Waals surface area contributed by atoms with Crippen molar-refractivity contribution in [1.82, 2.24) is 4.98 Å². The monoisotopic (exact) mass is 464 g/mol. The number of carbonyl (C=O) groups excluding carboxylic acids is 1. The molecule has 176 valence electrons. The lowest BCUT2D eigenvalue weighted by Gasteiger charge is -2.22. The van der Waals surface area contributed by atoms with Crippen molar-refractivity contribution in [2.24, 2.45) is 0 Å². The van der Waals surface area contributed by atoms with Crippen LogP contribution in [0.15, 0.2) is 91.5 Å². The summed E-state index contributed by atoms with van der Waals surface area (Å²) in [5, 5.41) is 7.50. The van der Waals surface area contributed by atoms with Gasteiger partial charge >= 0.3 is 6.03 Å². The lowest BCUT2D eigenvalue weighted by Crippen LogP contribution is -2.35. The van der Waals surface area contributed by atoms with Crippen molar-refractivity contribution in [1.29, 1.82) is 0 Å². The Balaban J connectivity index is 1.34. The highest BCUT2D eigenvalue weighted by Crippen LogP contribution is 2.33. The van der Waals surface area contributed by atoms with Crippen molar-refractivity contribution in [2.45, 2.75) is 18.9 Å². The summed E-state index contributed by atoms with van der Waals surface area (Å²) >= 11 is 0. The summed E-state index contributed by atoms with van der Waals surface area (Å²) in [5.41, 5.74) is 5.10. The van der Waals surface area contributed by atoms with Gasteiger partial charge in [-0.3, -0.25) is 4.90 Å². The van der Waals surface area contributed by atoms with E-state index in [1.807, 2.05) is 54.6 Å². The molecule has 3 aromatic carbocycles. The lowest BCUT2D eigenvalue weighted by molar-refractivity contribution is 0.257.